The molecule has 1 aromatic rings. The highest BCUT2D eigenvalue weighted by molar-refractivity contribution is 6.62. The lowest BCUT2D eigenvalue weighted by atomic mass is 9.80. The van der Waals surface area contributed by atoms with Gasteiger partial charge in [-0.3, -0.25) is 0 Å². The first-order valence-electron chi connectivity index (χ1n) is 6.78. The van der Waals surface area contributed by atoms with Gasteiger partial charge in [0, 0.05) is 12.7 Å². The van der Waals surface area contributed by atoms with E-state index in [-0.39, 0.29) is 18.3 Å². The van der Waals surface area contributed by atoms with Gasteiger partial charge in [0.1, 0.15) is 5.82 Å². The largest absolute Gasteiger partial charge is 0.495 e. The molecule has 0 aliphatic carbocycles. The second-order valence-electron chi connectivity index (χ2n) is 5.90. The first kappa shape index (κ1) is 14.8. The summed E-state index contributed by atoms with van der Waals surface area (Å²) >= 11 is 0. The van der Waals surface area contributed by atoms with Crippen LogP contribution in [0.3, 0.4) is 0 Å². The summed E-state index contributed by atoms with van der Waals surface area (Å²) < 4.78 is 12.0. The van der Waals surface area contributed by atoms with E-state index in [0.717, 1.165) is 11.3 Å². The average Bonchev–Trinajstić information content (AvgIpc) is 2.59. The molecule has 1 aliphatic rings. The van der Waals surface area contributed by atoms with Crippen LogP contribution in [0.2, 0.25) is 0 Å². The van der Waals surface area contributed by atoms with Gasteiger partial charge < -0.3 is 14.6 Å². The summed E-state index contributed by atoms with van der Waals surface area (Å²) in [5.41, 5.74) is 0.225. The van der Waals surface area contributed by atoms with Crippen molar-refractivity contribution in [2.24, 2.45) is 0 Å². The average molecular weight is 273 g/mol. The fourth-order valence-corrected chi connectivity index (χ4v) is 1.92. The van der Waals surface area contributed by atoms with Crippen LogP contribution in [0.5, 0.6) is 0 Å². The van der Waals surface area contributed by atoms with Gasteiger partial charge in [0.05, 0.1) is 23.7 Å². The molecule has 0 amide bonds. The first-order valence-corrected chi connectivity index (χ1v) is 6.78. The zero-order valence-corrected chi connectivity index (χ0v) is 12.4. The molecular weight excluding hydrogens is 253 g/mol. The lowest BCUT2D eigenvalue weighted by molar-refractivity contribution is 0.00578. The van der Waals surface area contributed by atoms with E-state index in [0.29, 0.717) is 13.0 Å². The molecule has 1 fully saturated rings. The topological polar surface area (TPSA) is 67.2 Å². The number of nitrogens with one attached hydrogen (secondary N) is 1. The third kappa shape index (κ3) is 2.95. The number of nitriles is 1. The Balaban J connectivity index is 2.11. The highest BCUT2D eigenvalue weighted by atomic mass is 16.7. The van der Waals surface area contributed by atoms with Gasteiger partial charge in [-0.25, -0.2) is 4.98 Å². The van der Waals surface area contributed by atoms with Gasteiger partial charge in [0.25, 0.3) is 0 Å². The van der Waals surface area contributed by atoms with Crippen molar-refractivity contribution in [2.75, 3.05) is 11.9 Å². The monoisotopic (exact) mass is 273 g/mol. The van der Waals surface area contributed by atoms with E-state index in [4.69, 9.17) is 14.6 Å². The summed E-state index contributed by atoms with van der Waals surface area (Å²) in [5, 5.41) is 11.6. The highest BCUT2D eigenvalue weighted by Crippen LogP contribution is 2.36. The molecule has 5 nitrogen and oxygen atoms in total. The smallest absolute Gasteiger partial charge is 0.399 e. The third-order valence-electron chi connectivity index (χ3n) is 3.85. The van der Waals surface area contributed by atoms with Gasteiger partial charge in [-0.1, -0.05) is 0 Å². The number of pyridine rings is 1. The van der Waals surface area contributed by atoms with E-state index in [1.165, 1.54) is 0 Å². The van der Waals surface area contributed by atoms with E-state index < -0.39 is 0 Å². The Hall–Kier alpha value is -1.58. The maximum absolute atomic E-state index is 8.54. The van der Waals surface area contributed by atoms with Gasteiger partial charge in [-0.2, -0.15) is 5.26 Å². The number of rotatable bonds is 4. The van der Waals surface area contributed by atoms with Gasteiger partial charge in [0.15, 0.2) is 0 Å². The second kappa shape index (κ2) is 5.43. The fourth-order valence-electron chi connectivity index (χ4n) is 1.92. The fraction of sp³-hybridized carbons (Fsp3) is 0.571. The maximum atomic E-state index is 8.54. The number of aromatic nitrogens is 1. The molecule has 0 bridgehead atoms. The van der Waals surface area contributed by atoms with Crippen LogP contribution in [0, 0.1) is 11.3 Å². The minimum atomic E-state index is -0.389. The molecule has 2 heterocycles. The molecule has 106 valence electrons. The van der Waals surface area contributed by atoms with Crippen molar-refractivity contribution in [2.45, 2.75) is 45.3 Å². The Morgan fingerprint density at radius 1 is 1.30 bits per heavy atom. The van der Waals surface area contributed by atoms with Crippen LogP contribution in [-0.2, 0) is 9.31 Å². The number of hydrogen-bond acceptors (Lipinski definition) is 5. The number of hydrogen-bond donors (Lipinski definition) is 1. The van der Waals surface area contributed by atoms with Crippen molar-refractivity contribution in [3.8, 4) is 6.07 Å². The van der Waals surface area contributed by atoms with Crippen LogP contribution in [0.4, 0.5) is 5.82 Å². The number of nitrogens with zero attached hydrogens (tertiary/aromatic N) is 2. The molecule has 6 heteroatoms. The van der Waals surface area contributed by atoms with Crippen LogP contribution in [0.1, 0.15) is 34.1 Å². The molecule has 0 radical (unpaired) electrons. The van der Waals surface area contributed by atoms with Gasteiger partial charge in [-0.05, 0) is 45.3 Å². The molecule has 2 rings (SSSR count). The summed E-state index contributed by atoms with van der Waals surface area (Å²) in [4.78, 5) is 4.22. The maximum Gasteiger partial charge on any atom is 0.495 e. The lowest BCUT2D eigenvalue weighted by Gasteiger charge is -2.32. The van der Waals surface area contributed by atoms with Gasteiger partial charge in [-0.15, -0.1) is 0 Å². The van der Waals surface area contributed by atoms with E-state index in [1.54, 1.807) is 6.20 Å². The summed E-state index contributed by atoms with van der Waals surface area (Å²) in [7, 11) is -0.389. The highest BCUT2D eigenvalue weighted by Gasteiger charge is 2.51. The van der Waals surface area contributed by atoms with Gasteiger partial charge >= 0.3 is 7.12 Å². The Morgan fingerprint density at radius 2 is 1.95 bits per heavy atom. The van der Waals surface area contributed by atoms with Crippen molar-refractivity contribution in [3.63, 3.8) is 0 Å². The number of anilines is 1. The molecule has 1 aromatic heterocycles. The summed E-state index contributed by atoms with van der Waals surface area (Å²) in [6.07, 6.45) is 2.16. The zero-order valence-electron chi connectivity index (χ0n) is 12.4. The van der Waals surface area contributed by atoms with Gasteiger partial charge in [0.2, 0.25) is 0 Å². The predicted molar refractivity (Wildman–Crippen MR) is 78.7 cm³/mol. The van der Waals surface area contributed by atoms with Crippen molar-refractivity contribution < 1.29 is 9.31 Å². The van der Waals surface area contributed by atoms with E-state index in [2.05, 4.69) is 16.4 Å². The molecule has 0 atom stereocenters. The predicted octanol–water partition coefficient (Wildman–Crippen LogP) is 1.71. The second-order valence-corrected chi connectivity index (χ2v) is 5.90. The quantitative estimate of drug-likeness (QED) is 0.668. The van der Waals surface area contributed by atoms with Crippen LogP contribution < -0.4 is 10.8 Å². The molecule has 0 aromatic carbocycles. The molecule has 0 unspecified atom stereocenters. The van der Waals surface area contributed by atoms with Crippen molar-refractivity contribution in [1.29, 1.82) is 5.26 Å². The molecule has 0 spiro atoms. The minimum Gasteiger partial charge on any atom is -0.399 e. The Morgan fingerprint density at radius 3 is 2.55 bits per heavy atom. The molecule has 1 saturated heterocycles. The van der Waals surface area contributed by atoms with Crippen molar-refractivity contribution in [1.82, 2.24) is 4.98 Å². The van der Waals surface area contributed by atoms with Crippen LogP contribution >= 0.6 is 0 Å². The standard InChI is InChI=1S/C14H20BN3O2/c1-13(2)14(3,4)20-15(19-13)11-6-9-18-12(10-11)17-8-5-7-16/h6,9-10H,5,8H2,1-4H3,(H,17,18). The third-order valence-corrected chi connectivity index (χ3v) is 3.85. The van der Waals surface area contributed by atoms with E-state index in [1.807, 2.05) is 39.8 Å². The Kier molecular flexibility index (Phi) is 4.02. The normalized spacial score (nSPS) is 19.6. The van der Waals surface area contributed by atoms with E-state index >= 15 is 0 Å². The Bertz CT molecular complexity index is 509. The van der Waals surface area contributed by atoms with Crippen molar-refractivity contribution in [3.05, 3.63) is 18.3 Å². The van der Waals surface area contributed by atoms with Crippen LogP contribution in [-0.4, -0.2) is 29.8 Å². The molecule has 1 aliphatic heterocycles. The zero-order chi connectivity index (χ0) is 14.8. The molecule has 20 heavy (non-hydrogen) atoms. The SMILES string of the molecule is CC1(C)OB(c2ccnc(NCCC#N)c2)OC1(C)C. The van der Waals surface area contributed by atoms with Crippen LogP contribution in [0.25, 0.3) is 0 Å². The Labute approximate surface area is 120 Å². The molecular formula is C14H20BN3O2. The summed E-state index contributed by atoms with van der Waals surface area (Å²) in [6.45, 7) is 8.69. The molecule has 1 N–H and O–H groups in total. The molecule has 0 saturated carbocycles. The lowest BCUT2D eigenvalue weighted by Crippen LogP contribution is -2.41. The summed E-state index contributed by atoms with van der Waals surface area (Å²) in [5.74, 6) is 0.729. The van der Waals surface area contributed by atoms with E-state index in [9.17, 15) is 0 Å². The minimum absolute atomic E-state index is 0.352. The van der Waals surface area contributed by atoms with Crippen molar-refractivity contribution >= 4 is 18.4 Å². The van der Waals surface area contributed by atoms with Crippen LogP contribution in [0.15, 0.2) is 18.3 Å². The summed E-state index contributed by atoms with van der Waals surface area (Å²) in [6, 6.07) is 5.88. The first-order chi connectivity index (χ1) is 9.36.